The lowest BCUT2D eigenvalue weighted by Crippen LogP contribution is -2.18. The number of unbranched alkanes of at least 4 members (excludes halogenated alkanes) is 1. The summed E-state index contributed by atoms with van der Waals surface area (Å²) in [5, 5.41) is 0. The Labute approximate surface area is 107 Å². The van der Waals surface area contributed by atoms with Crippen LogP contribution >= 0.6 is 0 Å². The molecule has 0 rings (SSSR count). The Bertz CT molecular complexity index is 282. The molecule has 17 heavy (non-hydrogen) atoms. The van der Waals surface area contributed by atoms with E-state index in [-0.39, 0.29) is 5.41 Å². The zero-order chi connectivity index (χ0) is 13.3. The zero-order valence-electron chi connectivity index (χ0n) is 12.2. The number of carbonyl (C=O) groups is 1. The first-order chi connectivity index (χ1) is 7.99. The highest BCUT2D eigenvalue weighted by Gasteiger charge is 2.23. The Morgan fingerprint density at radius 1 is 1.35 bits per heavy atom. The average molecular weight is 236 g/mol. The number of aldehydes is 1. The van der Waals surface area contributed by atoms with Gasteiger partial charge in [0.15, 0.2) is 0 Å². The summed E-state index contributed by atoms with van der Waals surface area (Å²) in [6.45, 7) is 10.8. The normalized spacial score (nSPS) is 14.0. The molecule has 0 fully saturated rings. The molecule has 0 aromatic carbocycles. The van der Waals surface area contributed by atoms with Crippen molar-refractivity contribution >= 4 is 6.29 Å². The van der Waals surface area contributed by atoms with Gasteiger partial charge in [0, 0.05) is 0 Å². The van der Waals surface area contributed by atoms with Gasteiger partial charge in [-0.05, 0) is 43.8 Å². The van der Waals surface area contributed by atoms with E-state index in [2.05, 4.69) is 40.3 Å². The molecule has 0 aliphatic heterocycles. The van der Waals surface area contributed by atoms with Crippen LogP contribution in [0, 0.1) is 11.3 Å². The number of allylic oxidation sites excluding steroid dienone is 1. The molecule has 0 bridgehead atoms. The largest absolute Gasteiger partial charge is 0.302 e. The van der Waals surface area contributed by atoms with E-state index < -0.39 is 0 Å². The minimum atomic E-state index is -0.283. The molecule has 0 aliphatic rings. The standard InChI is InChI=1S/C16H28O/c1-6-8-10-16(7-2,13-17)11-9-15(5)12-14(3)4/h11,13-14H,6-8,10,12H2,1-5H3. The molecule has 0 saturated heterocycles. The molecule has 0 saturated carbocycles. The summed E-state index contributed by atoms with van der Waals surface area (Å²) in [6.07, 6.45) is 8.24. The second kappa shape index (κ2) is 8.31. The van der Waals surface area contributed by atoms with Gasteiger partial charge in [-0.1, -0.05) is 40.5 Å². The van der Waals surface area contributed by atoms with E-state index in [1.54, 1.807) is 0 Å². The van der Waals surface area contributed by atoms with E-state index in [9.17, 15) is 4.79 Å². The highest BCUT2D eigenvalue weighted by molar-refractivity contribution is 5.62. The number of rotatable bonds is 8. The van der Waals surface area contributed by atoms with Crippen LogP contribution in [0.2, 0.25) is 0 Å². The Morgan fingerprint density at radius 2 is 2.00 bits per heavy atom. The predicted molar refractivity (Wildman–Crippen MR) is 75.0 cm³/mol. The SMILES string of the molecule is CCCCC(C=O)(C=C=C(C)CC(C)C)CC. The maximum absolute atomic E-state index is 11.3. The van der Waals surface area contributed by atoms with Crippen LogP contribution in [-0.2, 0) is 4.79 Å². The van der Waals surface area contributed by atoms with Crippen molar-refractivity contribution in [3.05, 3.63) is 17.4 Å². The first-order valence-electron chi connectivity index (χ1n) is 6.89. The Hall–Kier alpha value is -0.810. The minimum Gasteiger partial charge on any atom is -0.302 e. The molecule has 1 heteroatoms. The second-order valence-electron chi connectivity index (χ2n) is 5.48. The number of hydrogen-bond acceptors (Lipinski definition) is 1. The third-order valence-corrected chi connectivity index (χ3v) is 3.21. The van der Waals surface area contributed by atoms with E-state index >= 15 is 0 Å². The lowest BCUT2D eigenvalue weighted by molar-refractivity contribution is -0.114. The molecule has 0 amide bonds. The maximum Gasteiger partial charge on any atom is 0.130 e. The first kappa shape index (κ1) is 16.2. The molecule has 1 nitrogen and oxygen atoms in total. The lowest BCUT2D eigenvalue weighted by atomic mass is 9.81. The van der Waals surface area contributed by atoms with Crippen LogP contribution in [0.25, 0.3) is 0 Å². The molecular weight excluding hydrogens is 208 g/mol. The Balaban J connectivity index is 4.83. The molecule has 1 atom stereocenters. The van der Waals surface area contributed by atoms with E-state index in [0.717, 1.165) is 38.4 Å². The van der Waals surface area contributed by atoms with Crippen molar-refractivity contribution in [3.8, 4) is 0 Å². The Kier molecular flexibility index (Phi) is 7.91. The third kappa shape index (κ3) is 6.48. The molecule has 0 aliphatic carbocycles. The van der Waals surface area contributed by atoms with Gasteiger partial charge in [0.1, 0.15) is 6.29 Å². The monoisotopic (exact) mass is 236 g/mol. The predicted octanol–water partition coefficient (Wildman–Crippen LogP) is 4.92. The van der Waals surface area contributed by atoms with Crippen molar-refractivity contribution in [2.24, 2.45) is 11.3 Å². The van der Waals surface area contributed by atoms with Crippen LogP contribution in [0.15, 0.2) is 17.4 Å². The van der Waals surface area contributed by atoms with Crippen molar-refractivity contribution in [3.63, 3.8) is 0 Å². The molecule has 1 unspecified atom stereocenters. The lowest BCUT2D eigenvalue weighted by Gasteiger charge is -2.21. The molecule has 0 heterocycles. The van der Waals surface area contributed by atoms with E-state index in [1.807, 2.05) is 6.08 Å². The highest BCUT2D eigenvalue weighted by Crippen LogP contribution is 2.28. The van der Waals surface area contributed by atoms with Gasteiger partial charge in [-0.3, -0.25) is 0 Å². The van der Waals surface area contributed by atoms with Gasteiger partial charge in [0.2, 0.25) is 0 Å². The molecule has 0 aromatic rings. The fraction of sp³-hybridized carbons (Fsp3) is 0.750. The van der Waals surface area contributed by atoms with E-state index in [0.29, 0.717) is 5.92 Å². The van der Waals surface area contributed by atoms with E-state index in [4.69, 9.17) is 0 Å². The summed E-state index contributed by atoms with van der Waals surface area (Å²) in [5.41, 5.74) is 4.29. The van der Waals surface area contributed by atoms with Gasteiger partial charge < -0.3 is 4.79 Å². The van der Waals surface area contributed by atoms with Crippen molar-refractivity contribution in [2.45, 2.75) is 66.7 Å². The van der Waals surface area contributed by atoms with Gasteiger partial charge in [0.25, 0.3) is 0 Å². The van der Waals surface area contributed by atoms with Crippen LogP contribution in [0.3, 0.4) is 0 Å². The summed E-state index contributed by atoms with van der Waals surface area (Å²) >= 11 is 0. The minimum absolute atomic E-state index is 0.283. The number of carbonyl (C=O) groups excluding carboxylic acids is 1. The molecule has 0 radical (unpaired) electrons. The summed E-state index contributed by atoms with van der Waals surface area (Å²) in [6, 6.07) is 0. The maximum atomic E-state index is 11.3. The summed E-state index contributed by atoms with van der Waals surface area (Å²) in [5.74, 6) is 0.652. The van der Waals surface area contributed by atoms with Crippen LogP contribution in [0.1, 0.15) is 66.7 Å². The summed E-state index contributed by atoms with van der Waals surface area (Å²) in [7, 11) is 0. The fourth-order valence-corrected chi connectivity index (χ4v) is 1.97. The quantitative estimate of drug-likeness (QED) is 0.432. The van der Waals surface area contributed by atoms with Crippen LogP contribution in [0.5, 0.6) is 0 Å². The summed E-state index contributed by atoms with van der Waals surface area (Å²) < 4.78 is 0. The summed E-state index contributed by atoms with van der Waals surface area (Å²) in [4.78, 5) is 11.3. The van der Waals surface area contributed by atoms with Gasteiger partial charge in [-0.25, -0.2) is 0 Å². The van der Waals surface area contributed by atoms with Crippen molar-refractivity contribution in [1.82, 2.24) is 0 Å². The van der Waals surface area contributed by atoms with Gasteiger partial charge in [-0.2, -0.15) is 0 Å². The van der Waals surface area contributed by atoms with Gasteiger partial charge >= 0.3 is 0 Å². The molecule has 0 aromatic heterocycles. The topological polar surface area (TPSA) is 17.1 Å². The Morgan fingerprint density at radius 3 is 2.41 bits per heavy atom. The van der Waals surface area contributed by atoms with Crippen molar-refractivity contribution in [2.75, 3.05) is 0 Å². The van der Waals surface area contributed by atoms with Crippen LogP contribution < -0.4 is 0 Å². The molecule has 0 spiro atoms. The second-order valence-corrected chi connectivity index (χ2v) is 5.48. The fourth-order valence-electron chi connectivity index (χ4n) is 1.97. The zero-order valence-corrected chi connectivity index (χ0v) is 12.2. The number of hydrogen-bond donors (Lipinski definition) is 0. The smallest absolute Gasteiger partial charge is 0.130 e. The average Bonchev–Trinajstić information content (AvgIpc) is 2.29. The van der Waals surface area contributed by atoms with Crippen LogP contribution in [0.4, 0.5) is 0 Å². The van der Waals surface area contributed by atoms with Gasteiger partial charge in [-0.15, -0.1) is 5.73 Å². The molecular formula is C16H28O. The van der Waals surface area contributed by atoms with Crippen molar-refractivity contribution < 1.29 is 4.79 Å². The van der Waals surface area contributed by atoms with E-state index in [1.165, 1.54) is 5.57 Å². The van der Waals surface area contributed by atoms with Gasteiger partial charge in [0.05, 0.1) is 5.41 Å². The van der Waals surface area contributed by atoms with Crippen molar-refractivity contribution in [1.29, 1.82) is 0 Å². The molecule has 98 valence electrons. The third-order valence-electron chi connectivity index (χ3n) is 3.21. The first-order valence-corrected chi connectivity index (χ1v) is 6.89. The van der Waals surface area contributed by atoms with Crippen LogP contribution in [-0.4, -0.2) is 6.29 Å². The molecule has 0 N–H and O–H groups in total. The highest BCUT2D eigenvalue weighted by atomic mass is 16.1.